The third-order valence-electron chi connectivity index (χ3n) is 2.81. The van der Waals surface area contributed by atoms with Crippen molar-refractivity contribution >= 4 is 21.5 Å². The van der Waals surface area contributed by atoms with Gasteiger partial charge >= 0.3 is 5.97 Å². The minimum absolute atomic E-state index is 0.188. The molecule has 0 aromatic heterocycles. The number of para-hydroxylation sites is 2. The number of nitrogens with two attached hydrogens (primary N) is 1. The molecule has 7 heteroatoms. The lowest BCUT2D eigenvalue weighted by atomic mass is 10.3. The lowest BCUT2D eigenvalue weighted by Crippen LogP contribution is -2.32. The summed E-state index contributed by atoms with van der Waals surface area (Å²) in [5, 5.41) is 0. The molecular weight excluding hydrogens is 294 g/mol. The van der Waals surface area contributed by atoms with Crippen molar-refractivity contribution in [3.63, 3.8) is 0 Å². The van der Waals surface area contributed by atoms with E-state index in [1.54, 1.807) is 45.0 Å². The molecule has 6 nitrogen and oxygen atoms in total. The quantitative estimate of drug-likeness (QED) is 0.630. The second-order valence-corrected chi connectivity index (χ2v) is 8.34. The van der Waals surface area contributed by atoms with Crippen LogP contribution in [0.3, 0.4) is 0 Å². The molecule has 0 saturated heterocycles. The Hall–Kier alpha value is -1.76. The Morgan fingerprint density at radius 2 is 1.86 bits per heavy atom. The summed E-state index contributed by atoms with van der Waals surface area (Å²) in [7, 11) is -3.31. The Kier molecular flexibility index (Phi) is 5.60. The second-order valence-electron chi connectivity index (χ2n) is 5.48. The molecule has 0 aliphatic carbocycles. The van der Waals surface area contributed by atoms with E-state index in [0.717, 1.165) is 0 Å². The van der Waals surface area contributed by atoms with Crippen molar-refractivity contribution in [3.8, 4) is 5.75 Å². The van der Waals surface area contributed by atoms with Gasteiger partial charge in [0.1, 0.15) is 12.4 Å². The largest absolute Gasteiger partial charge is 0.480 e. The highest BCUT2D eigenvalue weighted by Crippen LogP contribution is 2.19. The van der Waals surface area contributed by atoms with Crippen LogP contribution in [0.4, 0.5) is 5.69 Å². The van der Waals surface area contributed by atoms with Crippen molar-refractivity contribution in [2.75, 3.05) is 24.7 Å². The molecule has 118 valence electrons. The van der Waals surface area contributed by atoms with Gasteiger partial charge in [0, 0.05) is 0 Å². The second kappa shape index (κ2) is 6.80. The number of carbonyl (C=O) groups excluding carboxylic acids is 1. The number of nitrogen functional groups attached to an aromatic ring is 1. The third-order valence-corrected chi connectivity index (χ3v) is 5.38. The van der Waals surface area contributed by atoms with Crippen LogP contribution in [0, 0.1) is 0 Å². The molecule has 2 N–H and O–H groups in total. The Morgan fingerprint density at radius 3 is 2.43 bits per heavy atom. The van der Waals surface area contributed by atoms with Gasteiger partial charge in [-0.2, -0.15) is 0 Å². The zero-order valence-electron chi connectivity index (χ0n) is 12.5. The van der Waals surface area contributed by atoms with Gasteiger partial charge in [-0.15, -0.1) is 0 Å². The fraction of sp³-hybridized carbons (Fsp3) is 0.500. The standard InChI is InChI=1S/C14H21NO5S/c1-14(2,3)21(17,18)9-8-19-13(16)10-20-12-7-5-4-6-11(12)15/h4-7H,8-10,15H2,1-3H3. The predicted molar refractivity (Wildman–Crippen MR) is 80.8 cm³/mol. The Bertz CT molecular complexity index is 590. The summed E-state index contributed by atoms with van der Waals surface area (Å²) in [5.74, 6) is -0.463. The van der Waals surface area contributed by atoms with E-state index in [1.807, 2.05) is 0 Å². The Labute approximate surface area is 125 Å². The molecule has 1 aromatic carbocycles. The minimum atomic E-state index is -3.31. The van der Waals surface area contributed by atoms with E-state index >= 15 is 0 Å². The zero-order valence-corrected chi connectivity index (χ0v) is 13.3. The van der Waals surface area contributed by atoms with E-state index in [4.69, 9.17) is 15.2 Å². The van der Waals surface area contributed by atoms with Crippen molar-refractivity contribution < 1.29 is 22.7 Å². The number of esters is 1. The number of benzene rings is 1. The molecule has 0 bridgehead atoms. The van der Waals surface area contributed by atoms with E-state index in [9.17, 15) is 13.2 Å². The van der Waals surface area contributed by atoms with E-state index in [-0.39, 0.29) is 19.0 Å². The minimum Gasteiger partial charge on any atom is -0.480 e. The van der Waals surface area contributed by atoms with Crippen molar-refractivity contribution in [3.05, 3.63) is 24.3 Å². The molecule has 0 aliphatic heterocycles. The third kappa shape index (κ3) is 5.26. The summed E-state index contributed by atoms with van der Waals surface area (Å²) in [5.41, 5.74) is 6.07. The van der Waals surface area contributed by atoms with E-state index < -0.39 is 20.6 Å². The molecule has 0 aliphatic rings. The maximum absolute atomic E-state index is 11.8. The lowest BCUT2D eigenvalue weighted by Gasteiger charge is -2.18. The average Bonchev–Trinajstić information content (AvgIpc) is 2.36. The molecule has 0 saturated carbocycles. The number of ether oxygens (including phenoxy) is 2. The fourth-order valence-electron chi connectivity index (χ4n) is 1.36. The van der Waals surface area contributed by atoms with E-state index in [2.05, 4.69) is 0 Å². The van der Waals surface area contributed by atoms with Gasteiger partial charge in [0.25, 0.3) is 0 Å². The highest BCUT2D eigenvalue weighted by atomic mass is 32.2. The first kappa shape index (κ1) is 17.3. The van der Waals surface area contributed by atoms with Crippen LogP contribution in [0.2, 0.25) is 0 Å². The van der Waals surface area contributed by atoms with Crippen molar-refractivity contribution in [1.82, 2.24) is 0 Å². The smallest absolute Gasteiger partial charge is 0.344 e. The van der Waals surface area contributed by atoms with Crippen LogP contribution in [0.5, 0.6) is 5.75 Å². The van der Waals surface area contributed by atoms with Gasteiger partial charge in [-0.3, -0.25) is 0 Å². The molecule has 0 atom stereocenters. The van der Waals surface area contributed by atoms with Gasteiger partial charge in [0.15, 0.2) is 16.4 Å². The van der Waals surface area contributed by atoms with Gasteiger partial charge < -0.3 is 15.2 Å². The molecule has 1 rings (SSSR count). The molecule has 0 radical (unpaired) electrons. The van der Waals surface area contributed by atoms with Crippen molar-refractivity contribution in [1.29, 1.82) is 0 Å². The van der Waals surface area contributed by atoms with Gasteiger partial charge in [-0.25, -0.2) is 13.2 Å². The van der Waals surface area contributed by atoms with Crippen LogP contribution in [0.1, 0.15) is 20.8 Å². The molecule has 0 unspecified atom stereocenters. The van der Waals surface area contributed by atoms with Crippen LogP contribution in [-0.2, 0) is 19.4 Å². The van der Waals surface area contributed by atoms with Crippen LogP contribution in [0.15, 0.2) is 24.3 Å². The van der Waals surface area contributed by atoms with Crippen LogP contribution < -0.4 is 10.5 Å². The Morgan fingerprint density at radius 1 is 1.24 bits per heavy atom. The summed E-state index contributed by atoms with van der Waals surface area (Å²) >= 11 is 0. The molecule has 1 aromatic rings. The number of anilines is 1. The summed E-state index contributed by atoms with van der Waals surface area (Å²) in [6.45, 7) is 4.30. The van der Waals surface area contributed by atoms with Crippen LogP contribution in [0.25, 0.3) is 0 Å². The van der Waals surface area contributed by atoms with Gasteiger partial charge in [-0.05, 0) is 32.9 Å². The maximum atomic E-state index is 11.8. The maximum Gasteiger partial charge on any atom is 0.344 e. The number of sulfone groups is 1. The Balaban J connectivity index is 2.38. The number of hydrogen-bond acceptors (Lipinski definition) is 6. The predicted octanol–water partition coefficient (Wildman–Crippen LogP) is 1.40. The molecular formula is C14H21NO5S. The summed E-state index contributed by atoms with van der Waals surface area (Å²) in [6.07, 6.45) is 0. The highest BCUT2D eigenvalue weighted by Gasteiger charge is 2.28. The molecule has 0 heterocycles. The van der Waals surface area contributed by atoms with Crippen molar-refractivity contribution in [2.45, 2.75) is 25.5 Å². The number of rotatable bonds is 6. The topological polar surface area (TPSA) is 95.7 Å². The molecule has 0 fully saturated rings. The number of carbonyl (C=O) groups is 1. The summed E-state index contributed by atoms with van der Waals surface area (Å²) in [6, 6.07) is 6.76. The first-order valence-electron chi connectivity index (χ1n) is 6.49. The lowest BCUT2D eigenvalue weighted by molar-refractivity contribution is -0.145. The van der Waals surface area contributed by atoms with Crippen LogP contribution >= 0.6 is 0 Å². The number of hydrogen-bond donors (Lipinski definition) is 1. The summed E-state index contributed by atoms with van der Waals surface area (Å²) in [4.78, 5) is 11.5. The van der Waals surface area contributed by atoms with Crippen LogP contribution in [-0.4, -0.2) is 38.1 Å². The fourth-order valence-corrected chi connectivity index (χ4v) is 2.28. The first-order chi connectivity index (χ1) is 9.63. The SMILES string of the molecule is CC(C)(C)S(=O)(=O)CCOC(=O)COc1ccccc1N. The molecule has 0 spiro atoms. The van der Waals surface area contributed by atoms with Gasteiger partial charge in [0.2, 0.25) is 0 Å². The molecule has 21 heavy (non-hydrogen) atoms. The first-order valence-corrected chi connectivity index (χ1v) is 8.14. The van der Waals surface area contributed by atoms with E-state index in [0.29, 0.717) is 11.4 Å². The average molecular weight is 315 g/mol. The highest BCUT2D eigenvalue weighted by molar-refractivity contribution is 7.92. The molecule has 0 amide bonds. The van der Waals surface area contributed by atoms with Crippen molar-refractivity contribution in [2.24, 2.45) is 0 Å². The van der Waals surface area contributed by atoms with Gasteiger partial charge in [0.05, 0.1) is 16.2 Å². The summed E-state index contributed by atoms with van der Waals surface area (Å²) < 4.78 is 32.8. The van der Waals surface area contributed by atoms with Gasteiger partial charge in [-0.1, -0.05) is 12.1 Å². The zero-order chi connectivity index (χ0) is 16.1. The van der Waals surface area contributed by atoms with E-state index in [1.165, 1.54) is 0 Å². The normalized spacial score (nSPS) is 12.0. The monoisotopic (exact) mass is 315 g/mol.